The average molecular weight is 558 g/mol. The van der Waals surface area contributed by atoms with E-state index in [4.69, 9.17) is 21.1 Å². The Balaban J connectivity index is 1.49. The quantitative estimate of drug-likeness (QED) is 0.217. The average Bonchev–Trinajstić information content (AvgIpc) is 2.96. The van der Waals surface area contributed by atoms with Crippen LogP contribution in [0.15, 0.2) is 103 Å². The van der Waals surface area contributed by atoms with Gasteiger partial charge in [-0.2, -0.15) is 0 Å². The number of anilines is 1. The normalized spacial score (nSPS) is 11.5. The maximum Gasteiger partial charge on any atom is 0.408 e. The number of hydrogen-bond acceptors (Lipinski definition) is 5. The highest BCUT2D eigenvalue weighted by molar-refractivity contribution is 6.31. The van der Waals surface area contributed by atoms with Gasteiger partial charge in [0.25, 0.3) is 5.91 Å². The van der Waals surface area contributed by atoms with Gasteiger partial charge in [0.15, 0.2) is 0 Å². The molecular weight excluding hydrogens is 526 g/mol. The van der Waals surface area contributed by atoms with E-state index in [0.29, 0.717) is 35.2 Å². The van der Waals surface area contributed by atoms with Crippen LogP contribution in [0, 0.1) is 0 Å². The molecule has 0 fully saturated rings. The molecule has 0 radical (unpaired) electrons. The van der Waals surface area contributed by atoms with Crippen molar-refractivity contribution in [3.05, 3.63) is 130 Å². The summed E-state index contributed by atoms with van der Waals surface area (Å²) in [4.78, 5) is 28.2. The minimum absolute atomic E-state index is 0.0817. The van der Waals surface area contributed by atoms with E-state index in [-0.39, 0.29) is 6.61 Å². The molecule has 0 aliphatic heterocycles. The standard InChI is InChI=1S/C32H32ClN3O4/c1-36(2)20-26-19-27(15-18-29(26)33)34-31(37)30(35-32(38)40-22-24-11-7-4-8-12-24)25-13-16-28(17-14-25)39-21-23-9-5-3-6-10-23/h3-19,30H,20-22H2,1-2H3,(H,34,37)(H,35,38)/t30-/m0/s1. The molecule has 40 heavy (non-hydrogen) atoms. The molecule has 0 aromatic heterocycles. The van der Waals surface area contributed by atoms with Gasteiger partial charge in [0.1, 0.15) is 25.0 Å². The number of nitrogens with one attached hydrogen (secondary N) is 2. The van der Waals surface area contributed by atoms with Crippen molar-refractivity contribution < 1.29 is 19.1 Å². The Hall–Kier alpha value is -4.33. The zero-order valence-electron chi connectivity index (χ0n) is 22.5. The highest BCUT2D eigenvalue weighted by atomic mass is 35.5. The monoisotopic (exact) mass is 557 g/mol. The van der Waals surface area contributed by atoms with Gasteiger partial charge in [0.05, 0.1) is 0 Å². The molecule has 1 atom stereocenters. The summed E-state index contributed by atoms with van der Waals surface area (Å²) in [5.41, 5.74) is 3.90. The third-order valence-electron chi connectivity index (χ3n) is 6.00. The second kappa shape index (κ2) is 14.2. The van der Waals surface area contributed by atoms with E-state index in [1.54, 1.807) is 36.4 Å². The fourth-order valence-electron chi connectivity index (χ4n) is 4.01. The van der Waals surface area contributed by atoms with Crippen LogP contribution in [0.2, 0.25) is 5.02 Å². The van der Waals surface area contributed by atoms with Crippen LogP contribution in [0.3, 0.4) is 0 Å². The van der Waals surface area contributed by atoms with Crippen LogP contribution < -0.4 is 15.4 Å². The molecule has 8 heteroatoms. The van der Waals surface area contributed by atoms with Gasteiger partial charge in [0.2, 0.25) is 0 Å². The number of amides is 2. The molecule has 2 N–H and O–H groups in total. The van der Waals surface area contributed by atoms with Gasteiger partial charge in [-0.1, -0.05) is 84.4 Å². The molecule has 0 aliphatic carbocycles. The van der Waals surface area contributed by atoms with Crippen LogP contribution in [0.4, 0.5) is 10.5 Å². The van der Waals surface area contributed by atoms with E-state index < -0.39 is 18.0 Å². The molecule has 0 saturated heterocycles. The molecule has 0 saturated carbocycles. The molecule has 0 heterocycles. The van der Waals surface area contributed by atoms with E-state index in [1.165, 1.54) is 0 Å². The van der Waals surface area contributed by atoms with Gasteiger partial charge in [0, 0.05) is 17.3 Å². The maximum atomic E-state index is 13.5. The maximum absolute atomic E-state index is 13.5. The zero-order valence-corrected chi connectivity index (χ0v) is 23.2. The van der Waals surface area contributed by atoms with Crippen LogP contribution >= 0.6 is 11.6 Å². The molecule has 0 aliphatic rings. The van der Waals surface area contributed by atoms with Crippen LogP contribution in [0.5, 0.6) is 5.75 Å². The lowest BCUT2D eigenvalue weighted by atomic mass is 10.1. The first kappa shape index (κ1) is 28.7. The number of nitrogens with zero attached hydrogens (tertiary/aromatic N) is 1. The first-order valence-corrected chi connectivity index (χ1v) is 13.2. The Kier molecular flexibility index (Phi) is 10.2. The minimum Gasteiger partial charge on any atom is -0.489 e. The number of rotatable bonds is 11. The minimum atomic E-state index is -1.01. The summed E-state index contributed by atoms with van der Waals surface area (Å²) in [7, 11) is 3.88. The Morgan fingerprint density at radius 2 is 1.45 bits per heavy atom. The van der Waals surface area contributed by atoms with Crippen LogP contribution in [-0.4, -0.2) is 31.0 Å². The van der Waals surface area contributed by atoms with Crippen molar-refractivity contribution >= 4 is 29.3 Å². The second-order valence-corrected chi connectivity index (χ2v) is 9.92. The van der Waals surface area contributed by atoms with E-state index in [1.807, 2.05) is 85.7 Å². The summed E-state index contributed by atoms with van der Waals surface area (Å²) in [5.74, 6) is 0.220. The third-order valence-corrected chi connectivity index (χ3v) is 6.37. The Bertz CT molecular complexity index is 1400. The highest BCUT2D eigenvalue weighted by Crippen LogP contribution is 2.24. The summed E-state index contributed by atoms with van der Waals surface area (Å²) >= 11 is 6.34. The summed E-state index contributed by atoms with van der Waals surface area (Å²) < 4.78 is 11.3. The van der Waals surface area contributed by atoms with Crippen LogP contribution in [-0.2, 0) is 29.3 Å². The van der Waals surface area contributed by atoms with Gasteiger partial charge in [-0.05, 0) is 66.7 Å². The number of halogens is 1. The van der Waals surface area contributed by atoms with Crippen molar-refractivity contribution in [2.75, 3.05) is 19.4 Å². The van der Waals surface area contributed by atoms with Crippen molar-refractivity contribution in [1.82, 2.24) is 10.2 Å². The Morgan fingerprint density at radius 3 is 2.08 bits per heavy atom. The third kappa shape index (κ3) is 8.59. The first-order valence-electron chi connectivity index (χ1n) is 12.9. The van der Waals surface area contributed by atoms with Crippen LogP contribution in [0.25, 0.3) is 0 Å². The lowest BCUT2D eigenvalue weighted by Crippen LogP contribution is -2.37. The molecule has 4 aromatic rings. The van der Waals surface area contributed by atoms with Crippen LogP contribution in [0.1, 0.15) is 28.3 Å². The van der Waals surface area contributed by atoms with Gasteiger partial charge in [-0.25, -0.2) is 4.79 Å². The fraction of sp³-hybridized carbons (Fsp3) is 0.188. The smallest absolute Gasteiger partial charge is 0.408 e. The van der Waals surface area contributed by atoms with Crippen molar-refractivity contribution in [3.8, 4) is 5.75 Å². The van der Waals surface area contributed by atoms with Crippen molar-refractivity contribution in [2.24, 2.45) is 0 Å². The number of ether oxygens (including phenoxy) is 2. The SMILES string of the molecule is CN(C)Cc1cc(NC(=O)[C@@H](NC(=O)OCc2ccccc2)c2ccc(OCc3ccccc3)cc2)ccc1Cl. The molecule has 2 amide bonds. The highest BCUT2D eigenvalue weighted by Gasteiger charge is 2.24. The lowest BCUT2D eigenvalue weighted by molar-refractivity contribution is -0.118. The van der Waals surface area contributed by atoms with E-state index >= 15 is 0 Å². The molecule has 0 unspecified atom stereocenters. The largest absolute Gasteiger partial charge is 0.489 e. The van der Waals surface area contributed by atoms with Gasteiger partial charge < -0.3 is 25.0 Å². The van der Waals surface area contributed by atoms with Crippen molar-refractivity contribution in [2.45, 2.75) is 25.8 Å². The topological polar surface area (TPSA) is 79.9 Å². The molecule has 4 rings (SSSR count). The van der Waals surface area contributed by atoms with E-state index in [2.05, 4.69) is 10.6 Å². The number of carbonyl (C=O) groups excluding carboxylic acids is 2. The van der Waals surface area contributed by atoms with Gasteiger partial charge >= 0.3 is 6.09 Å². The number of alkyl carbamates (subject to hydrolysis) is 1. The number of carbonyl (C=O) groups is 2. The summed E-state index contributed by atoms with van der Waals surface area (Å²) in [5, 5.41) is 6.22. The van der Waals surface area contributed by atoms with Gasteiger partial charge in [-0.15, -0.1) is 0 Å². The predicted octanol–water partition coefficient (Wildman–Crippen LogP) is 6.59. The van der Waals surface area contributed by atoms with E-state index in [0.717, 1.165) is 16.7 Å². The summed E-state index contributed by atoms with van der Waals surface area (Å²) in [6.07, 6.45) is -0.710. The molecule has 0 bridgehead atoms. The van der Waals surface area contributed by atoms with Crippen molar-refractivity contribution in [1.29, 1.82) is 0 Å². The fourth-order valence-corrected chi connectivity index (χ4v) is 4.19. The molecule has 0 spiro atoms. The molecular formula is C32H32ClN3O4. The second-order valence-electron chi connectivity index (χ2n) is 9.52. The summed E-state index contributed by atoms with van der Waals surface area (Å²) in [6.45, 7) is 1.11. The first-order chi connectivity index (χ1) is 19.4. The zero-order chi connectivity index (χ0) is 28.3. The molecule has 206 valence electrons. The van der Waals surface area contributed by atoms with Crippen molar-refractivity contribution in [3.63, 3.8) is 0 Å². The summed E-state index contributed by atoms with van der Waals surface area (Å²) in [6, 6.07) is 30.5. The Labute approximate surface area is 239 Å². The van der Waals surface area contributed by atoms with E-state index in [9.17, 15) is 9.59 Å². The molecule has 4 aromatic carbocycles. The predicted molar refractivity (Wildman–Crippen MR) is 157 cm³/mol. The number of hydrogen-bond donors (Lipinski definition) is 2. The Morgan fingerprint density at radius 1 is 0.825 bits per heavy atom. The van der Waals surface area contributed by atoms with Gasteiger partial charge in [-0.3, -0.25) is 4.79 Å². The molecule has 7 nitrogen and oxygen atoms in total. The number of benzene rings is 4. The lowest BCUT2D eigenvalue weighted by Gasteiger charge is -2.20.